The van der Waals surface area contributed by atoms with Gasteiger partial charge in [0.1, 0.15) is 11.6 Å². The molecule has 0 unspecified atom stereocenters. The van der Waals surface area contributed by atoms with Crippen LogP contribution in [0.2, 0.25) is 0 Å². The Labute approximate surface area is 187 Å². The van der Waals surface area contributed by atoms with E-state index >= 15 is 0 Å². The number of amides is 1. The van der Waals surface area contributed by atoms with Gasteiger partial charge in [0.2, 0.25) is 5.69 Å². The van der Waals surface area contributed by atoms with Crippen LogP contribution >= 0.6 is 0 Å². The van der Waals surface area contributed by atoms with Crippen molar-refractivity contribution in [3.8, 4) is 5.82 Å². The lowest BCUT2D eigenvalue weighted by Crippen LogP contribution is -2.21. The molecule has 1 amide bonds. The highest BCUT2D eigenvalue weighted by atomic mass is 19.4. The molecule has 0 fully saturated rings. The van der Waals surface area contributed by atoms with Gasteiger partial charge < -0.3 is 5.32 Å². The molecular weight excluding hydrogens is 463 g/mol. The van der Waals surface area contributed by atoms with Crippen LogP contribution in [0.5, 0.6) is 0 Å². The van der Waals surface area contributed by atoms with Crippen molar-refractivity contribution in [3.05, 3.63) is 88.9 Å². The van der Waals surface area contributed by atoms with Gasteiger partial charge in [-0.2, -0.15) is 28.5 Å². The van der Waals surface area contributed by atoms with Crippen molar-refractivity contribution in [2.75, 3.05) is 5.32 Å². The second kappa shape index (κ2) is 8.70. The standard InChI is InChI=1S/C20H11F5N8O/c1-26-16-7-14(8-27-18(16)33-28-2-3-29-33)31-19(34)15-9-30-32(17(15)20(23,24)25)10-11-4-12(21)6-13(22)5-11/h2-9H,10H2,(H,31,34). The van der Waals surface area contributed by atoms with Gasteiger partial charge in [-0.25, -0.2) is 18.6 Å². The number of nitrogens with zero attached hydrogens (tertiary/aromatic N) is 7. The maximum absolute atomic E-state index is 13.8. The van der Waals surface area contributed by atoms with Gasteiger partial charge in [-0.05, 0) is 23.8 Å². The summed E-state index contributed by atoms with van der Waals surface area (Å²) in [6, 6.07) is 3.50. The molecule has 0 aliphatic rings. The third kappa shape index (κ3) is 4.58. The summed E-state index contributed by atoms with van der Waals surface area (Å²) in [4.78, 5) is 21.0. The van der Waals surface area contributed by atoms with E-state index in [0.717, 1.165) is 23.1 Å². The van der Waals surface area contributed by atoms with Gasteiger partial charge in [0.05, 0.1) is 43.5 Å². The van der Waals surface area contributed by atoms with Crippen LogP contribution in [0.25, 0.3) is 10.7 Å². The topological polar surface area (TPSA) is 94.9 Å². The Morgan fingerprint density at radius 3 is 2.32 bits per heavy atom. The molecule has 1 aromatic carbocycles. The zero-order valence-corrected chi connectivity index (χ0v) is 16.8. The molecule has 0 aliphatic heterocycles. The summed E-state index contributed by atoms with van der Waals surface area (Å²) in [6.07, 6.45) is -0.471. The second-order valence-corrected chi connectivity index (χ2v) is 6.79. The third-order valence-corrected chi connectivity index (χ3v) is 4.44. The van der Waals surface area contributed by atoms with E-state index in [1.165, 1.54) is 18.5 Å². The molecular formula is C20H11F5N8O. The smallest absolute Gasteiger partial charge is 0.322 e. The average molecular weight is 474 g/mol. The first-order chi connectivity index (χ1) is 16.2. The number of alkyl halides is 3. The van der Waals surface area contributed by atoms with E-state index in [-0.39, 0.29) is 22.8 Å². The molecule has 0 saturated heterocycles. The van der Waals surface area contributed by atoms with Crippen LogP contribution in [0, 0.1) is 18.2 Å². The first-order valence-corrected chi connectivity index (χ1v) is 9.29. The van der Waals surface area contributed by atoms with Gasteiger partial charge in [0.25, 0.3) is 5.91 Å². The number of carbonyl (C=O) groups is 1. The van der Waals surface area contributed by atoms with E-state index < -0.39 is 41.5 Å². The molecule has 1 N–H and O–H groups in total. The third-order valence-electron chi connectivity index (χ3n) is 4.44. The molecule has 4 aromatic rings. The maximum atomic E-state index is 13.8. The Hall–Kier alpha value is -4.67. The average Bonchev–Trinajstić information content (AvgIpc) is 3.43. The molecule has 0 saturated carbocycles. The predicted molar refractivity (Wildman–Crippen MR) is 106 cm³/mol. The highest BCUT2D eigenvalue weighted by molar-refractivity contribution is 6.05. The van der Waals surface area contributed by atoms with Gasteiger partial charge >= 0.3 is 6.18 Å². The SMILES string of the molecule is [C-]#[N+]c1cc(NC(=O)c2cnn(Cc3cc(F)cc(F)c3)c2C(F)(F)F)cnc1-n1nccn1. The lowest BCUT2D eigenvalue weighted by Gasteiger charge is -2.13. The number of hydrogen-bond acceptors (Lipinski definition) is 5. The first-order valence-electron chi connectivity index (χ1n) is 9.29. The highest BCUT2D eigenvalue weighted by Crippen LogP contribution is 2.33. The zero-order valence-electron chi connectivity index (χ0n) is 16.8. The zero-order chi connectivity index (χ0) is 24.5. The predicted octanol–water partition coefficient (Wildman–Crippen LogP) is 4.01. The van der Waals surface area contributed by atoms with Gasteiger partial charge in [-0.3, -0.25) is 9.48 Å². The number of nitrogens with one attached hydrogen (secondary N) is 1. The molecule has 9 nitrogen and oxygen atoms in total. The van der Waals surface area contributed by atoms with Crippen molar-refractivity contribution < 1.29 is 26.7 Å². The Morgan fingerprint density at radius 2 is 1.71 bits per heavy atom. The van der Waals surface area contributed by atoms with Crippen molar-refractivity contribution in [1.29, 1.82) is 0 Å². The van der Waals surface area contributed by atoms with Crippen molar-refractivity contribution in [2.24, 2.45) is 0 Å². The van der Waals surface area contributed by atoms with Crippen molar-refractivity contribution >= 4 is 17.3 Å². The van der Waals surface area contributed by atoms with E-state index in [1.54, 1.807) is 0 Å². The van der Waals surface area contributed by atoms with Crippen molar-refractivity contribution in [1.82, 2.24) is 29.8 Å². The number of anilines is 1. The summed E-state index contributed by atoms with van der Waals surface area (Å²) in [5.74, 6) is -3.05. The highest BCUT2D eigenvalue weighted by Gasteiger charge is 2.40. The molecule has 3 aromatic heterocycles. The van der Waals surface area contributed by atoms with Crippen molar-refractivity contribution in [2.45, 2.75) is 12.7 Å². The van der Waals surface area contributed by atoms with Gasteiger partial charge in [-0.15, -0.1) is 4.80 Å². The fourth-order valence-electron chi connectivity index (χ4n) is 3.12. The number of benzene rings is 1. The minimum Gasteiger partial charge on any atom is -0.322 e. The Bertz CT molecular complexity index is 1390. The number of halogens is 5. The normalized spacial score (nSPS) is 11.3. The molecule has 0 radical (unpaired) electrons. The number of pyridine rings is 1. The largest absolute Gasteiger partial charge is 0.433 e. The monoisotopic (exact) mass is 474 g/mol. The summed E-state index contributed by atoms with van der Waals surface area (Å²) >= 11 is 0. The number of hydrogen-bond donors (Lipinski definition) is 1. The molecule has 172 valence electrons. The quantitative estimate of drug-likeness (QED) is 0.349. The number of carbonyl (C=O) groups excluding carboxylic acids is 1. The van der Waals surface area contributed by atoms with Crippen LogP contribution in [0.4, 0.5) is 33.3 Å². The van der Waals surface area contributed by atoms with Gasteiger partial charge in [0, 0.05) is 11.8 Å². The van der Waals surface area contributed by atoms with E-state index in [9.17, 15) is 26.7 Å². The molecule has 0 bridgehead atoms. The summed E-state index contributed by atoms with van der Waals surface area (Å²) in [6.45, 7) is 6.64. The molecule has 4 rings (SSSR count). The number of rotatable bonds is 5. The van der Waals surface area contributed by atoms with Crippen LogP contribution in [0.15, 0.2) is 49.1 Å². The van der Waals surface area contributed by atoms with Crippen LogP contribution in [-0.2, 0) is 12.7 Å². The molecule has 0 aliphatic carbocycles. The molecule has 3 heterocycles. The molecule has 34 heavy (non-hydrogen) atoms. The summed E-state index contributed by atoms with van der Waals surface area (Å²) in [7, 11) is 0. The lowest BCUT2D eigenvalue weighted by atomic mass is 10.2. The van der Waals surface area contributed by atoms with Crippen LogP contribution in [0.3, 0.4) is 0 Å². The van der Waals surface area contributed by atoms with Gasteiger partial charge in [-0.1, -0.05) is 0 Å². The molecule has 0 spiro atoms. The second-order valence-electron chi connectivity index (χ2n) is 6.79. The van der Waals surface area contributed by atoms with Crippen LogP contribution < -0.4 is 5.32 Å². The summed E-state index contributed by atoms with van der Waals surface area (Å²) in [5.41, 5.74) is -2.47. The van der Waals surface area contributed by atoms with Crippen LogP contribution in [-0.4, -0.2) is 35.7 Å². The lowest BCUT2D eigenvalue weighted by molar-refractivity contribution is -0.144. The Balaban J connectivity index is 1.64. The fourth-order valence-corrected chi connectivity index (χ4v) is 3.12. The summed E-state index contributed by atoms with van der Waals surface area (Å²) < 4.78 is 68.6. The van der Waals surface area contributed by atoms with E-state index in [2.05, 4.69) is 30.4 Å². The molecule has 14 heteroatoms. The van der Waals surface area contributed by atoms with Crippen molar-refractivity contribution in [3.63, 3.8) is 0 Å². The minimum absolute atomic E-state index is 0.0556. The van der Waals surface area contributed by atoms with Gasteiger partial charge in [0.15, 0.2) is 11.5 Å². The first kappa shape index (κ1) is 22.5. The Morgan fingerprint density at radius 1 is 1.03 bits per heavy atom. The van der Waals surface area contributed by atoms with Crippen LogP contribution in [0.1, 0.15) is 21.6 Å². The number of aromatic nitrogens is 6. The Kier molecular flexibility index (Phi) is 5.76. The molecule has 0 atom stereocenters. The maximum Gasteiger partial charge on any atom is 0.433 e. The van der Waals surface area contributed by atoms with E-state index in [4.69, 9.17) is 6.57 Å². The fraction of sp³-hybridized carbons (Fsp3) is 0.100. The summed E-state index contributed by atoms with van der Waals surface area (Å²) in [5, 5.41) is 13.5. The minimum atomic E-state index is -5.01. The van der Waals surface area contributed by atoms with E-state index in [0.29, 0.717) is 16.9 Å². The van der Waals surface area contributed by atoms with E-state index in [1.807, 2.05) is 0 Å².